The van der Waals surface area contributed by atoms with Crippen LogP contribution in [0.25, 0.3) is 11.2 Å². The van der Waals surface area contributed by atoms with Crippen molar-refractivity contribution in [1.82, 2.24) is 19.5 Å². The molecule has 2 aliphatic heterocycles. The van der Waals surface area contributed by atoms with Crippen LogP contribution in [0.4, 0.5) is 5.82 Å². The molecule has 3 fully saturated rings. The number of halogens is 1. The van der Waals surface area contributed by atoms with E-state index in [1.807, 2.05) is 6.07 Å². The molecule has 0 bridgehead atoms. The number of nitrogens with zero attached hydrogens (tertiary/aromatic N) is 5. The highest BCUT2D eigenvalue weighted by Crippen LogP contribution is 2.52. The Morgan fingerprint density at radius 2 is 1.83 bits per heavy atom. The molecule has 0 radical (unpaired) electrons. The quantitative estimate of drug-likeness (QED) is 0.469. The third-order valence-corrected chi connectivity index (χ3v) is 8.22. The van der Waals surface area contributed by atoms with Crippen LogP contribution in [0.5, 0.6) is 0 Å². The van der Waals surface area contributed by atoms with Crippen LogP contribution >= 0.6 is 11.6 Å². The molecule has 1 aromatic carbocycles. The number of anilines is 1. The lowest BCUT2D eigenvalue weighted by molar-refractivity contribution is -0.0511. The van der Waals surface area contributed by atoms with Crippen molar-refractivity contribution in [2.75, 3.05) is 18.1 Å². The van der Waals surface area contributed by atoms with Gasteiger partial charge in [0.1, 0.15) is 18.3 Å². The molecule has 9 nitrogen and oxygen atoms in total. The zero-order valence-corrected chi connectivity index (χ0v) is 20.1. The fraction of sp³-hybridized carbons (Fsp3) is 0.560. The highest BCUT2D eigenvalue weighted by Gasteiger charge is 2.47. The van der Waals surface area contributed by atoms with E-state index in [-0.39, 0.29) is 16.7 Å². The van der Waals surface area contributed by atoms with E-state index in [4.69, 9.17) is 16.3 Å². The number of fused-ring (bicyclic) bond motifs is 1. The molecule has 3 unspecified atom stereocenters. The van der Waals surface area contributed by atoms with Crippen molar-refractivity contribution in [2.45, 2.75) is 69.1 Å². The highest BCUT2D eigenvalue weighted by molar-refractivity contribution is 6.28. The van der Waals surface area contributed by atoms with Crippen LogP contribution in [0.1, 0.15) is 56.4 Å². The van der Waals surface area contributed by atoms with Crippen LogP contribution < -0.4 is 4.90 Å². The molecule has 5 atom stereocenters. The van der Waals surface area contributed by atoms with Crippen LogP contribution in [0.15, 0.2) is 36.7 Å². The second-order valence-electron chi connectivity index (χ2n) is 10.2. The predicted molar refractivity (Wildman–Crippen MR) is 130 cm³/mol. The number of hydrogen-bond acceptors (Lipinski definition) is 8. The second-order valence-corrected chi connectivity index (χ2v) is 10.5. The Labute approximate surface area is 208 Å². The first kappa shape index (κ1) is 23.1. The summed E-state index contributed by atoms with van der Waals surface area (Å²) in [6, 6.07) is 10.6. The lowest BCUT2D eigenvalue weighted by Crippen LogP contribution is -2.33. The molecule has 0 amide bonds. The summed E-state index contributed by atoms with van der Waals surface area (Å²) >= 11 is 6.45. The van der Waals surface area contributed by atoms with Gasteiger partial charge in [-0.05, 0) is 41.8 Å². The topological polar surface area (TPSA) is 117 Å². The maximum atomic E-state index is 10.6. The molecular formula is C25H30ClN5O4. The van der Waals surface area contributed by atoms with Gasteiger partial charge in [-0.2, -0.15) is 9.97 Å². The third-order valence-electron chi connectivity index (χ3n) is 8.05. The summed E-state index contributed by atoms with van der Waals surface area (Å²) in [7, 11) is 0. The molecule has 3 aromatic rings. The standard InChI is InChI=1S/C25H30ClN5O4/c26-24-28-21(18-22(29-24)31(14-27-18)23-20(34)19(33)17(12-32)35-23)30-13-25(9-5-2-6-10-25)11-16(30)15-7-3-1-4-8-15/h1,3-4,7-8,14,16-17,19-20,23,32-34H,2,5-6,9-13H2/t16?,17-,19?,20?,23-/m1/s1. The number of imidazole rings is 1. The van der Waals surface area contributed by atoms with Gasteiger partial charge >= 0.3 is 0 Å². The number of hydrogen-bond donors (Lipinski definition) is 3. The Hall–Kier alpha value is -2.30. The van der Waals surface area contributed by atoms with Gasteiger partial charge in [-0.15, -0.1) is 0 Å². The van der Waals surface area contributed by atoms with Crippen molar-refractivity contribution in [3.05, 3.63) is 47.5 Å². The zero-order chi connectivity index (χ0) is 24.2. The Morgan fingerprint density at radius 1 is 1.06 bits per heavy atom. The Bertz CT molecular complexity index is 1200. The lowest BCUT2D eigenvalue weighted by Gasteiger charge is -2.33. The number of ether oxygens (including phenoxy) is 1. The molecule has 2 aromatic heterocycles. The molecule has 4 heterocycles. The normalized spacial score (nSPS) is 30.5. The molecular weight excluding hydrogens is 470 g/mol. The minimum Gasteiger partial charge on any atom is -0.394 e. The van der Waals surface area contributed by atoms with E-state index in [1.165, 1.54) is 44.0 Å². The molecule has 35 heavy (non-hydrogen) atoms. The van der Waals surface area contributed by atoms with E-state index in [0.717, 1.165) is 13.0 Å². The van der Waals surface area contributed by atoms with Crippen molar-refractivity contribution in [1.29, 1.82) is 0 Å². The van der Waals surface area contributed by atoms with Crippen LogP contribution in [0, 0.1) is 5.41 Å². The van der Waals surface area contributed by atoms with E-state index in [1.54, 1.807) is 4.57 Å². The van der Waals surface area contributed by atoms with Crippen LogP contribution in [-0.2, 0) is 4.74 Å². The fourth-order valence-corrected chi connectivity index (χ4v) is 6.45. The molecule has 1 saturated carbocycles. The first-order chi connectivity index (χ1) is 17.0. The van der Waals surface area contributed by atoms with Crippen molar-refractivity contribution in [2.24, 2.45) is 5.41 Å². The van der Waals surface area contributed by atoms with Crippen molar-refractivity contribution >= 4 is 28.6 Å². The number of aliphatic hydroxyl groups excluding tert-OH is 3. The Kier molecular flexibility index (Phi) is 5.93. The smallest absolute Gasteiger partial charge is 0.226 e. The SMILES string of the molecule is OC[C@H]1O[C@@H](n2cnc3c(N4CC5(CCCCC5)CC4c4ccccc4)nc(Cl)nc32)C(O)C1O. The summed E-state index contributed by atoms with van der Waals surface area (Å²) in [4.78, 5) is 16.0. The summed E-state index contributed by atoms with van der Waals surface area (Å²) in [5.41, 5.74) is 2.46. The largest absolute Gasteiger partial charge is 0.394 e. The molecule has 1 aliphatic carbocycles. The van der Waals surface area contributed by atoms with Crippen LogP contribution in [-0.4, -0.2) is 66.3 Å². The lowest BCUT2D eigenvalue weighted by atomic mass is 9.72. The van der Waals surface area contributed by atoms with Crippen LogP contribution in [0.2, 0.25) is 5.28 Å². The first-order valence-corrected chi connectivity index (χ1v) is 12.7. The summed E-state index contributed by atoms with van der Waals surface area (Å²) < 4.78 is 7.30. The average molecular weight is 500 g/mol. The fourth-order valence-electron chi connectivity index (χ4n) is 6.29. The van der Waals surface area contributed by atoms with Gasteiger partial charge in [-0.3, -0.25) is 4.57 Å². The van der Waals surface area contributed by atoms with Gasteiger partial charge < -0.3 is 25.0 Å². The molecule has 10 heteroatoms. The molecule has 1 spiro atoms. The van der Waals surface area contributed by atoms with Gasteiger partial charge in [0.05, 0.1) is 19.0 Å². The van der Waals surface area contributed by atoms with Gasteiger partial charge in [0, 0.05) is 6.54 Å². The Balaban J connectivity index is 1.44. The predicted octanol–water partition coefficient (Wildman–Crippen LogP) is 2.99. The van der Waals surface area contributed by atoms with Crippen molar-refractivity contribution in [3.63, 3.8) is 0 Å². The second kappa shape index (κ2) is 8.97. The number of aliphatic hydroxyl groups is 3. The summed E-state index contributed by atoms with van der Waals surface area (Å²) in [5, 5.41) is 30.4. The van der Waals surface area contributed by atoms with E-state index in [9.17, 15) is 15.3 Å². The Morgan fingerprint density at radius 3 is 2.54 bits per heavy atom. The van der Waals surface area contributed by atoms with Crippen molar-refractivity contribution < 1.29 is 20.1 Å². The van der Waals surface area contributed by atoms with Gasteiger partial charge in [0.25, 0.3) is 0 Å². The molecule has 6 rings (SSSR count). The van der Waals surface area contributed by atoms with E-state index < -0.39 is 31.1 Å². The summed E-state index contributed by atoms with van der Waals surface area (Å²) in [6.45, 7) is 0.465. The summed E-state index contributed by atoms with van der Waals surface area (Å²) in [5.74, 6) is 0.668. The van der Waals surface area contributed by atoms with E-state index >= 15 is 0 Å². The van der Waals surface area contributed by atoms with Crippen LogP contribution in [0.3, 0.4) is 0 Å². The van der Waals surface area contributed by atoms with Gasteiger partial charge in [-0.1, -0.05) is 49.6 Å². The maximum Gasteiger partial charge on any atom is 0.226 e. The van der Waals surface area contributed by atoms with Gasteiger partial charge in [-0.25, -0.2) is 4.98 Å². The van der Waals surface area contributed by atoms with Gasteiger partial charge in [0.2, 0.25) is 5.28 Å². The molecule has 2 saturated heterocycles. The minimum atomic E-state index is -1.24. The van der Waals surface area contributed by atoms with Gasteiger partial charge in [0.15, 0.2) is 23.2 Å². The molecule has 3 N–H and O–H groups in total. The van der Waals surface area contributed by atoms with Crippen molar-refractivity contribution in [3.8, 4) is 0 Å². The monoisotopic (exact) mass is 499 g/mol. The zero-order valence-electron chi connectivity index (χ0n) is 19.4. The number of rotatable bonds is 4. The van der Waals surface area contributed by atoms with E-state index in [2.05, 4.69) is 44.1 Å². The van der Waals surface area contributed by atoms with E-state index in [0.29, 0.717) is 17.0 Å². The number of aromatic nitrogens is 4. The molecule has 186 valence electrons. The molecule has 3 aliphatic rings. The third kappa shape index (κ3) is 3.90. The number of benzene rings is 1. The first-order valence-electron chi connectivity index (χ1n) is 12.3. The minimum absolute atomic E-state index is 0.0809. The summed E-state index contributed by atoms with van der Waals surface area (Å²) in [6.07, 6.45) is 4.47. The average Bonchev–Trinajstić information content (AvgIpc) is 3.54. The highest BCUT2D eigenvalue weighted by atomic mass is 35.5. The maximum absolute atomic E-state index is 10.6.